The van der Waals surface area contributed by atoms with Gasteiger partial charge in [-0.25, -0.2) is 4.98 Å². The van der Waals surface area contributed by atoms with Crippen molar-refractivity contribution in [3.8, 4) is 0 Å². The molecule has 21 heavy (non-hydrogen) atoms. The normalized spacial score (nSPS) is 10.4. The Kier molecular flexibility index (Phi) is 5.22. The summed E-state index contributed by atoms with van der Waals surface area (Å²) < 4.78 is 6.66. The minimum atomic E-state index is -0.325. The number of ether oxygens (including phenoxy) is 1. The van der Waals surface area contributed by atoms with E-state index in [4.69, 9.17) is 4.74 Å². The second kappa shape index (κ2) is 7.34. The van der Waals surface area contributed by atoms with E-state index in [1.54, 1.807) is 30.4 Å². The van der Waals surface area contributed by atoms with Crippen molar-refractivity contribution >= 4 is 17.4 Å². The smallest absolute Gasteiger partial charge is 0.276 e. The van der Waals surface area contributed by atoms with Gasteiger partial charge in [0, 0.05) is 19.9 Å². The van der Waals surface area contributed by atoms with Gasteiger partial charge in [-0.15, -0.1) is 0 Å². The third-order valence-electron chi connectivity index (χ3n) is 2.64. The van der Waals surface area contributed by atoms with E-state index >= 15 is 0 Å². The van der Waals surface area contributed by atoms with Crippen molar-refractivity contribution < 1.29 is 9.53 Å². The molecule has 0 spiro atoms. The average Bonchev–Trinajstić information content (AvgIpc) is 2.93. The monoisotopic (exact) mass is 290 g/mol. The molecule has 8 heteroatoms. The van der Waals surface area contributed by atoms with Gasteiger partial charge in [0.1, 0.15) is 11.5 Å². The number of carbonyl (C=O) groups excluding carboxylic acids is 1. The first-order valence-electron chi connectivity index (χ1n) is 6.61. The molecule has 2 N–H and O–H groups in total. The Bertz CT molecular complexity index is 598. The van der Waals surface area contributed by atoms with Crippen LogP contribution in [0.15, 0.2) is 24.8 Å². The first kappa shape index (κ1) is 14.9. The lowest BCUT2D eigenvalue weighted by atomic mass is 10.4. The number of methoxy groups -OCH3 is 1. The Hall–Kier alpha value is -2.48. The molecule has 0 aliphatic carbocycles. The predicted molar refractivity (Wildman–Crippen MR) is 78.3 cm³/mol. The molecular formula is C13H18N6O2. The van der Waals surface area contributed by atoms with E-state index in [-0.39, 0.29) is 11.6 Å². The van der Waals surface area contributed by atoms with Gasteiger partial charge in [0.05, 0.1) is 37.4 Å². The fourth-order valence-corrected chi connectivity index (χ4v) is 1.67. The SMILES string of the molecule is CCNc1cncc(C(=O)Nc2cnn(CCOC)c2)n1. The predicted octanol–water partition coefficient (Wildman–Crippen LogP) is 1.00. The number of nitrogens with one attached hydrogen (secondary N) is 2. The van der Waals surface area contributed by atoms with Crippen molar-refractivity contribution in [3.63, 3.8) is 0 Å². The highest BCUT2D eigenvalue weighted by Gasteiger charge is 2.10. The summed E-state index contributed by atoms with van der Waals surface area (Å²) in [7, 11) is 1.63. The van der Waals surface area contributed by atoms with Gasteiger partial charge >= 0.3 is 0 Å². The molecular weight excluding hydrogens is 272 g/mol. The Labute approximate surface area is 122 Å². The fourth-order valence-electron chi connectivity index (χ4n) is 1.67. The molecule has 2 aromatic heterocycles. The van der Waals surface area contributed by atoms with Gasteiger partial charge in [0.2, 0.25) is 0 Å². The topological polar surface area (TPSA) is 94.0 Å². The van der Waals surface area contributed by atoms with Gasteiger partial charge in [0.25, 0.3) is 5.91 Å². The standard InChI is InChI=1S/C13H18N6O2/c1-3-15-12-8-14-7-11(18-12)13(20)17-10-6-16-19(9-10)4-5-21-2/h6-9H,3-5H2,1-2H3,(H,15,18)(H,17,20). The zero-order valence-electron chi connectivity index (χ0n) is 12.0. The van der Waals surface area contributed by atoms with Crippen LogP contribution < -0.4 is 10.6 Å². The molecule has 8 nitrogen and oxygen atoms in total. The van der Waals surface area contributed by atoms with Gasteiger partial charge in [-0.3, -0.25) is 14.5 Å². The highest BCUT2D eigenvalue weighted by Crippen LogP contribution is 2.08. The van der Waals surface area contributed by atoms with Crippen LogP contribution in [0.1, 0.15) is 17.4 Å². The number of anilines is 2. The second-order valence-corrected chi connectivity index (χ2v) is 4.26. The number of hydrogen-bond donors (Lipinski definition) is 2. The maximum absolute atomic E-state index is 12.1. The van der Waals surface area contributed by atoms with Crippen LogP contribution in [0.25, 0.3) is 0 Å². The summed E-state index contributed by atoms with van der Waals surface area (Å²) in [5, 5.41) is 9.86. The number of rotatable bonds is 7. The summed E-state index contributed by atoms with van der Waals surface area (Å²) in [6, 6.07) is 0. The van der Waals surface area contributed by atoms with Gasteiger partial charge in [0.15, 0.2) is 0 Å². The van der Waals surface area contributed by atoms with Crippen molar-refractivity contribution in [3.05, 3.63) is 30.5 Å². The molecule has 0 unspecified atom stereocenters. The van der Waals surface area contributed by atoms with Crippen molar-refractivity contribution in [2.75, 3.05) is 30.9 Å². The molecule has 0 atom stereocenters. The molecule has 0 saturated heterocycles. The minimum Gasteiger partial charge on any atom is -0.383 e. The van der Waals surface area contributed by atoms with E-state index in [2.05, 4.69) is 25.7 Å². The summed E-state index contributed by atoms with van der Waals surface area (Å²) in [5.41, 5.74) is 0.852. The number of hydrogen-bond acceptors (Lipinski definition) is 6. The van der Waals surface area contributed by atoms with E-state index in [9.17, 15) is 4.79 Å². The summed E-state index contributed by atoms with van der Waals surface area (Å²) in [6.45, 7) is 3.85. The van der Waals surface area contributed by atoms with E-state index in [1.165, 1.54) is 6.20 Å². The quantitative estimate of drug-likeness (QED) is 0.790. The van der Waals surface area contributed by atoms with Gasteiger partial charge in [-0.2, -0.15) is 5.10 Å². The molecule has 2 rings (SSSR count). The highest BCUT2D eigenvalue weighted by atomic mass is 16.5. The third kappa shape index (κ3) is 4.25. The molecule has 0 bridgehead atoms. The third-order valence-corrected chi connectivity index (χ3v) is 2.64. The molecule has 0 aromatic carbocycles. The highest BCUT2D eigenvalue weighted by molar-refractivity contribution is 6.02. The zero-order valence-corrected chi connectivity index (χ0v) is 12.0. The summed E-state index contributed by atoms with van der Waals surface area (Å²) in [5.74, 6) is 0.245. The Morgan fingerprint density at radius 1 is 1.38 bits per heavy atom. The molecule has 0 aliphatic rings. The first-order chi connectivity index (χ1) is 10.2. The molecule has 0 fully saturated rings. The van der Waals surface area contributed by atoms with E-state index in [1.807, 2.05) is 6.92 Å². The van der Waals surface area contributed by atoms with Crippen molar-refractivity contribution in [2.45, 2.75) is 13.5 Å². The van der Waals surface area contributed by atoms with Crippen LogP contribution >= 0.6 is 0 Å². The second-order valence-electron chi connectivity index (χ2n) is 4.26. The number of amides is 1. The van der Waals surface area contributed by atoms with Crippen LogP contribution in [0.4, 0.5) is 11.5 Å². The molecule has 0 radical (unpaired) electrons. The van der Waals surface area contributed by atoms with Crippen molar-refractivity contribution in [1.82, 2.24) is 19.7 Å². The van der Waals surface area contributed by atoms with Crippen LogP contribution in [-0.4, -0.2) is 45.9 Å². The van der Waals surface area contributed by atoms with Crippen molar-refractivity contribution in [1.29, 1.82) is 0 Å². The Morgan fingerprint density at radius 2 is 2.24 bits per heavy atom. The molecule has 2 aromatic rings. The van der Waals surface area contributed by atoms with Gasteiger partial charge < -0.3 is 15.4 Å². The maximum Gasteiger partial charge on any atom is 0.276 e. The van der Waals surface area contributed by atoms with Crippen LogP contribution in [0.5, 0.6) is 0 Å². The van der Waals surface area contributed by atoms with E-state index in [0.717, 1.165) is 0 Å². The fraction of sp³-hybridized carbons (Fsp3) is 0.385. The molecule has 1 amide bonds. The maximum atomic E-state index is 12.1. The van der Waals surface area contributed by atoms with Gasteiger partial charge in [-0.1, -0.05) is 0 Å². The van der Waals surface area contributed by atoms with Crippen LogP contribution in [0.2, 0.25) is 0 Å². The number of aromatic nitrogens is 4. The summed E-state index contributed by atoms with van der Waals surface area (Å²) in [4.78, 5) is 20.3. The summed E-state index contributed by atoms with van der Waals surface area (Å²) >= 11 is 0. The van der Waals surface area contributed by atoms with Crippen molar-refractivity contribution in [2.24, 2.45) is 0 Å². The Balaban J connectivity index is 2.00. The number of carbonyl (C=O) groups is 1. The van der Waals surface area contributed by atoms with E-state index < -0.39 is 0 Å². The molecule has 0 aliphatic heterocycles. The van der Waals surface area contributed by atoms with Crippen LogP contribution in [0, 0.1) is 0 Å². The Morgan fingerprint density at radius 3 is 3.00 bits per heavy atom. The molecule has 112 valence electrons. The summed E-state index contributed by atoms with van der Waals surface area (Å²) in [6.07, 6.45) is 6.31. The van der Waals surface area contributed by atoms with Crippen LogP contribution in [0.3, 0.4) is 0 Å². The lowest BCUT2D eigenvalue weighted by Crippen LogP contribution is -2.15. The zero-order chi connectivity index (χ0) is 15.1. The lowest BCUT2D eigenvalue weighted by molar-refractivity contribution is 0.102. The van der Waals surface area contributed by atoms with Gasteiger partial charge in [-0.05, 0) is 6.92 Å². The lowest BCUT2D eigenvalue weighted by Gasteiger charge is -2.04. The first-order valence-corrected chi connectivity index (χ1v) is 6.61. The largest absolute Gasteiger partial charge is 0.383 e. The minimum absolute atomic E-state index is 0.248. The molecule has 2 heterocycles. The van der Waals surface area contributed by atoms with Crippen LogP contribution in [-0.2, 0) is 11.3 Å². The average molecular weight is 290 g/mol. The number of nitrogens with zero attached hydrogens (tertiary/aromatic N) is 4. The molecule has 0 saturated carbocycles. The van der Waals surface area contributed by atoms with E-state index in [0.29, 0.717) is 31.2 Å².